The smallest absolute Gasteiger partial charge is 0.322 e. The fourth-order valence-electron chi connectivity index (χ4n) is 0.112. The highest BCUT2D eigenvalue weighted by molar-refractivity contribution is 7.53. The van der Waals surface area contributed by atoms with E-state index in [2.05, 4.69) is 10.2 Å². The van der Waals surface area contributed by atoms with E-state index in [1.807, 2.05) is 0 Å². The first-order valence-electron chi connectivity index (χ1n) is 1.83. The molecule has 5 heteroatoms. The van der Waals surface area contributed by atoms with Crippen LogP contribution < -0.4 is 10.2 Å². The predicted molar refractivity (Wildman–Crippen MR) is 27.9 cm³/mol. The lowest BCUT2D eigenvalue weighted by molar-refractivity contribution is 0.458. The summed E-state index contributed by atoms with van der Waals surface area (Å²) < 4.78 is 10.3. The standard InChI is InChI=1S/C2H9N2O2P/c1-3-7(5,6)4-2/h1-2H3,(H3,3,4,5,6). The molecule has 0 aliphatic heterocycles. The molecule has 3 N–H and O–H groups in total. The molecule has 0 rings (SSSR count). The molecule has 0 radical (unpaired) electrons. The normalized spacial score (nSPS) is 11.9. The molecule has 44 valence electrons. The van der Waals surface area contributed by atoms with Gasteiger partial charge in [-0.1, -0.05) is 0 Å². The fraction of sp³-hybridized carbons (Fsp3) is 1.00. The third kappa shape index (κ3) is 2.76. The van der Waals surface area contributed by atoms with Gasteiger partial charge in [-0.25, -0.2) is 10.2 Å². The average molecular weight is 124 g/mol. The largest absolute Gasteiger partial charge is 0.337 e. The molecule has 0 aromatic rings. The number of hydrogen-bond donors (Lipinski definition) is 3. The van der Waals surface area contributed by atoms with Crippen LogP contribution in [0.3, 0.4) is 0 Å². The minimum atomic E-state index is -3.15. The quantitative estimate of drug-likeness (QED) is 0.435. The zero-order valence-corrected chi connectivity index (χ0v) is 5.20. The van der Waals surface area contributed by atoms with E-state index in [1.165, 1.54) is 14.1 Å². The molecule has 0 fully saturated rings. The molecule has 0 spiro atoms. The van der Waals surface area contributed by atoms with E-state index in [0.29, 0.717) is 0 Å². The molecule has 0 amide bonds. The molecule has 0 unspecified atom stereocenters. The van der Waals surface area contributed by atoms with E-state index in [4.69, 9.17) is 4.89 Å². The van der Waals surface area contributed by atoms with E-state index < -0.39 is 7.67 Å². The lowest BCUT2D eigenvalue weighted by atomic mass is 11.6. The Balaban J connectivity index is 3.61. The highest BCUT2D eigenvalue weighted by Crippen LogP contribution is 2.25. The Morgan fingerprint density at radius 3 is 1.71 bits per heavy atom. The van der Waals surface area contributed by atoms with Crippen molar-refractivity contribution in [2.75, 3.05) is 14.1 Å². The van der Waals surface area contributed by atoms with Crippen molar-refractivity contribution in [1.29, 1.82) is 0 Å². The summed E-state index contributed by atoms with van der Waals surface area (Å²) in [4.78, 5) is 8.47. The van der Waals surface area contributed by atoms with Gasteiger partial charge in [-0.15, -0.1) is 0 Å². The summed E-state index contributed by atoms with van der Waals surface area (Å²) in [6.07, 6.45) is 0. The van der Waals surface area contributed by atoms with E-state index >= 15 is 0 Å². The first-order chi connectivity index (χ1) is 3.12. The van der Waals surface area contributed by atoms with Crippen molar-refractivity contribution in [3.63, 3.8) is 0 Å². The molecule has 0 heterocycles. The molecule has 0 aliphatic carbocycles. The lowest BCUT2D eigenvalue weighted by Crippen LogP contribution is -2.13. The van der Waals surface area contributed by atoms with Gasteiger partial charge in [0.1, 0.15) is 0 Å². The highest BCUT2D eigenvalue weighted by atomic mass is 31.2. The number of hydrogen-bond acceptors (Lipinski definition) is 1. The van der Waals surface area contributed by atoms with Crippen LogP contribution >= 0.6 is 7.67 Å². The van der Waals surface area contributed by atoms with Gasteiger partial charge in [-0.2, -0.15) is 0 Å². The van der Waals surface area contributed by atoms with Gasteiger partial charge in [-0.05, 0) is 14.1 Å². The fourth-order valence-corrected chi connectivity index (χ4v) is 0.335. The summed E-state index contributed by atoms with van der Waals surface area (Å²) in [6, 6.07) is 0. The van der Waals surface area contributed by atoms with Gasteiger partial charge in [0.15, 0.2) is 0 Å². The predicted octanol–water partition coefficient (Wildman–Crippen LogP) is -0.474. The molecule has 0 bridgehead atoms. The second-order valence-corrected chi connectivity index (χ2v) is 3.07. The molecule has 0 saturated heterocycles. The first kappa shape index (κ1) is 7.11. The molecule has 0 aliphatic rings. The SMILES string of the molecule is CNP(=O)(O)NC. The van der Waals surface area contributed by atoms with Gasteiger partial charge in [0.2, 0.25) is 0 Å². The van der Waals surface area contributed by atoms with Crippen LogP contribution in [0.1, 0.15) is 0 Å². The second kappa shape index (κ2) is 2.43. The van der Waals surface area contributed by atoms with Crippen molar-refractivity contribution in [3.8, 4) is 0 Å². The maximum absolute atomic E-state index is 10.3. The van der Waals surface area contributed by atoms with Crippen LogP contribution in [0.5, 0.6) is 0 Å². The zero-order chi connectivity index (χ0) is 5.91. The Hall–Kier alpha value is 0.110. The Morgan fingerprint density at radius 1 is 1.43 bits per heavy atom. The molecule has 0 aromatic carbocycles. The van der Waals surface area contributed by atoms with Gasteiger partial charge in [0.05, 0.1) is 0 Å². The van der Waals surface area contributed by atoms with E-state index in [0.717, 1.165) is 0 Å². The maximum atomic E-state index is 10.3. The second-order valence-electron chi connectivity index (χ2n) is 1.02. The summed E-state index contributed by atoms with van der Waals surface area (Å²) in [5, 5.41) is 4.38. The monoisotopic (exact) mass is 124 g/mol. The lowest BCUT2D eigenvalue weighted by Gasteiger charge is -2.04. The molecule has 0 saturated carbocycles. The molecular weight excluding hydrogens is 115 g/mol. The Labute approximate surface area is 42.5 Å². The number of nitrogens with one attached hydrogen (secondary N) is 2. The van der Waals surface area contributed by atoms with Gasteiger partial charge < -0.3 is 4.89 Å². The van der Waals surface area contributed by atoms with Crippen LogP contribution in [0.25, 0.3) is 0 Å². The van der Waals surface area contributed by atoms with E-state index in [9.17, 15) is 4.57 Å². The Bertz CT molecular complexity index is 85.7. The van der Waals surface area contributed by atoms with E-state index in [1.54, 1.807) is 0 Å². The maximum Gasteiger partial charge on any atom is 0.337 e. The topological polar surface area (TPSA) is 61.4 Å². The molecule has 7 heavy (non-hydrogen) atoms. The van der Waals surface area contributed by atoms with Crippen molar-refractivity contribution in [2.24, 2.45) is 0 Å². The Kier molecular flexibility index (Phi) is 2.46. The average Bonchev–Trinajstić information content (AvgIpc) is 1.68. The van der Waals surface area contributed by atoms with Gasteiger partial charge in [-0.3, -0.25) is 4.57 Å². The van der Waals surface area contributed by atoms with Gasteiger partial charge in [0.25, 0.3) is 0 Å². The van der Waals surface area contributed by atoms with Crippen LogP contribution in [0.2, 0.25) is 0 Å². The molecule has 0 aromatic heterocycles. The third-order valence-electron chi connectivity index (χ3n) is 0.606. The van der Waals surface area contributed by atoms with Crippen LogP contribution in [-0.2, 0) is 4.57 Å². The molecule has 4 nitrogen and oxygen atoms in total. The van der Waals surface area contributed by atoms with E-state index in [-0.39, 0.29) is 0 Å². The highest BCUT2D eigenvalue weighted by Gasteiger charge is 2.07. The van der Waals surface area contributed by atoms with Crippen LogP contribution in [0, 0.1) is 0 Å². The van der Waals surface area contributed by atoms with Crippen molar-refractivity contribution in [1.82, 2.24) is 10.2 Å². The summed E-state index contributed by atoms with van der Waals surface area (Å²) in [7, 11) is -0.326. The first-order valence-corrected chi connectivity index (χ1v) is 3.49. The molecule has 0 atom stereocenters. The van der Waals surface area contributed by atoms with Gasteiger partial charge >= 0.3 is 7.67 Å². The van der Waals surface area contributed by atoms with Crippen molar-refractivity contribution < 1.29 is 9.46 Å². The summed E-state index contributed by atoms with van der Waals surface area (Å²) in [5.74, 6) is 0. The van der Waals surface area contributed by atoms with Gasteiger partial charge in [0, 0.05) is 0 Å². The summed E-state index contributed by atoms with van der Waals surface area (Å²) in [6.45, 7) is 0. The zero-order valence-electron chi connectivity index (χ0n) is 4.30. The number of rotatable bonds is 2. The minimum Gasteiger partial charge on any atom is -0.322 e. The van der Waals surface area contributed by atoms with Crippen molar-refractivity contribution in [3.05, 3.63) is 0 Å². The Morgan fingerprint density at radius 2 is 1.71 bits per heavy atom. The summed E-state index contributed by atoms with van der Waals surface area (Å²) in [5.41, 5.74) is 0. The summed E-state index contributed by atoms with van der Waals surface area (Å²) >= 11 is 0. The minimum absolute atomic E-state index is 1.41. The van der Waals surface area contributed by atoms with Crippen LogP contribution in [-0.4, -0.2) is 19.0 Å². The van der Waals surface area contributed by atoms with Crippen LogP contribution in [0.4, 0.5) is 0 Å². The molecular formula is C2H9N2O2P. The van der Waals surface area contributed by atoms with Crippen molar-refractivity contribution >= 4 is 7.67 Å². The third-order valence-corrected chi connectivity index (χ3v) is 1.82. The van der Waals surface area contributed by atoms with Crippen molar-refractivity contribution in [2.45, 2.75) is 0 Å². The van der Waals surface area contributed by atoms with Crippen LogP contribution in [0.15, 0.2) is 0 Å².